The number of rotatable bonds is 11. The van der Waals surface area contributed by atoms with Crippen LogP contribution in [0, 0.1) is 11.8 Å². The first kappa shape index (κ1) is 31.0. The van der Waals surface area contributed by atoms with Crippen molar-refractivity contribution in [3.63, 3.8) is 0 Å². The van der Waals surface area contributed by atoms with Crippen LogP contribution in [0.1, 0.15) is 39.5 Å². The molecule has 8 nitrogen and oxygen atoms in total. The number of anilines is 2. The highest BCUT2D eigenvalue weighted by Crippen LogP contribution is 2.36. The number of methoxy groups -OCH3 is 1. The molecule has 0 saturated carbocycles. The molecule has 12 heteroatoms. The summed E-state index contributed by atoms with van der Waals surface area (Å²) in [6.07, 6.45) is -3.31. The zero-order chi connectivity index (χ0) is 29.7. The highest BCUT2D eigenvalue weighted by atomic mass is 35.5. The molecule has 0 aliphatic carbocycles. The zero-order valence-corrected chi connectivity index (χ0v) is 24.2. The molecular formula is C29H37ClF3N3O5. The molecule has 4 rings (SSSR count). The first-order valence-electron chi connectivity index (χ1n) is 13.8. The second kappa shape index (κ2) is 13.4. The van der Waals surface area contributed by atoms with E-state index >= 15 is 0 Å². The standard InChI is InChI=1S/C29H37ClF3N3O5/c1-18-16-35(24-13-27(39-3)34-15-22(24)30)11-9-25(18)41-21-7-5-20(6-8-21)36-17-26(19(2)23(36)14-28(37)38)40-12-4-10-29(31,32)33/h5-8,13,15,18-19,23,25-26H,4,9-12,14,16-17H2,1-3H3,(H,37,38)/t18-,19+,23+,25-,26+/m1/s1. The number of aromatic nitrogens is 1. The third-order valence-corrected chi connectivity index (χ3v) is 8.22. The van der Waals surface area contributed by atoms with E-state index in [2.05, 4.69) is 16.8 Å². The van der Waals surface area contributed by atoms with Gasteiger partial charge in [-0.3, -0.25) is 4.79 Å². The number of alkyl halides is 3. The van der Waals surface area contributed by atoms with Crippen LogP contribution in [0.4, 0.5) is 24.5 Å². The van der Waals surface area contributed by atoms with Crippen molar-refractivity contribution < 1.29 is 37.3 Å². The van der Waals surface area contributed by atoms with Gasteiger partial charge in [-0.25, -0.2) is 4.98 Å². The van der Waals surface area contributed by atoms with Crippen molar-refractivity contribution in [1.29, 1.82) is 0 Å². The van der Waals surface area contributed by atoms with Crippen LogP contribution in [0.3, 0.4) is 0 Å². The number of carboxylic acids is 1. The molecule has 3 heterocycles. The summed E-state index contributed by atoms with van der Waals surface area (Å²) in [6.45, 7) is 5.92. The summed E-state index contributed by atoms with van der Waals surface area (Å²) < 4.78 is 54.9. The lowest BCUT2D eigenvalue weighted by atomic mass is 9.96. The third kappa shape index (κ3) is 8.09. The number of carboxylic acid groups (broad SMARTS) is 1. The van der Waals surface area contributed by atoms with E-state index in [0.717, 1.165) is 30.9 Å². The van der Waals surface area contributed by atoms with E-state index in [1.807, 2.05) is 42.2 Å². The van der Waals surface area contributed by atoms with Gasteiger partial charge in [-0.15, -0.1) is 0 Å². The Hall–Kier alpha value is -2.92. The summed E-state index contributed by atoms with van der Waals surface area (Å²) >= 11 is 6.40. The minimum atomic E-state index is -4.22. The minimum Gasteiger partial charge on any atom is -0.490 e. The number of aliphatic carboxylic acids is 1. The number of carbonyl (C=O) groups is 1. The Labute approximate surface area is 243 Å². The summed E-state index contributed by atoms with van der Waals surface area (Å²) in [5.74, 6) is 0.343. The lowest BCUT2D eigenvalue weighted by molar-refractivity contribution is -0.140. The van der Waals surface area contributed by atoms with E-state index < -0.39 is 18.6 Å². The van der Waals surface area contributed by atoms with Crippen molar-refractivity contribution in [3.05, 3.63) is 41.6 Å². The Kier molecular flexibility index (Phi) is 10.1. The fraction of sp³-hybridized carbons (Fsp3) is 0.586. The maximum absolute atomic E-state index is 12.5. The van der Waals surface area contributed by atoms with Gasteiger partial charge in [-0.2, -0.15) is 13.2 Å². The summed E-state index contributed by atoms with van der Waals surface area (Å²) in [6, 6.07) is 9.04. The van der Waals surface area contributed by atoms with E-state index in [0.29, 0.717) is 23.2 Å². The number of nitrogens with zero attached hydrogens (tertiary/aromatic N) is 3. The molecule has 2 aliphatic rings. The molecule has 1 N–H and O–H groups in total. The molecule has 41 heavy (non-hydrogen) atoms. The lowest BCUT2D eigenvalue weighted by Gasteiger charge is -2.38. The van der Waals surface area contributed by atoms with Crippen LogP contribution in [0.15, 0.2) is 36.5 Å². The van der Waals surface area contributed by atoms with Crippen LogP contribution in [0.2, 0.25) is 5.02 Å². The Morgan fingerprint density at radius 2 is 1.90 bits per heavy atom. The molecule has 5 atom stereocenters. The maximum Gasteiger partial charge on any atom is 0.389 e. The van der Waals surface area contributed by atoms with Crippen LogP contribution in [0.25, 0.3) is 0 Å². The number of halogens is 4. The summed E-state index contributed by atoms with van der Waals surface area (Å²) in [4.78, 5) is 19.9. The minimum absolute atomic E-state index is 0.000606. The normalized spacial score (nSPS) is 24.9. The number of ether oxygens (including phenoxy) is 3. The van der Waals surface area contributed by atoms with Crippen molar-refractivity contribution in [1.82, 2.24) is 4.98 Å². The predicted molar refractivity (Wildman–Crippen MR) is 150 cm³/mol. The molecule has 0 bridgehead atoms. The number of benzene rings is 1. The van der Waals surface area contributed by atoms with E-state index in [1.54, 1.807) is 13.3 Å². The number of pyridine rings is 1. The zero-order valence-electron chi connectivity index (χ0n) is 23.4. The molecule has 1 aromatic carbocycles. The molecule has 1 aromatic heterocycles. The Balaban J connectivity index is 1.36. The molecule has 2 saturated heterocycles. The second-order valence-corrected chi connectivity index (χ2v) is 11.3. The topological polar surface area (TPSA) is 84.4 Å². The van der Waals surface area contributed by atoms with Gasteiger partial charge in [0, 0.05) is 68.7 Å². The van der Waals surface area contributed by atoms with Gasteiger partial charge in [-0.1, -0.05) is 25.4 Å². The SMILES string of the molecule is COc1cc(N2CC[C@@H](Oc3ccc(N4C[C@H](OCCCC(F)(F)F)[C@@H](C)[C@@H]4CC(=O)O)cc3)[C@H](C)C2)c(Cl)cn1. The summed E-state index contributed by atoms with van der Waals surface area (Å²) in [5.41, 5.74) is 1.70. The highest BCUT2D eigenvalue weighted by Gasteiger charge is 2.41. The fourth-order valence-electron chi connectivity index (χ4n) is 5.68. The molecule has 0 unspecified atom stereocenters. The van der Waals surface area contributed by atoms with Gasteiger partial charge < -0.3 is 29.1 Å². The van der Waals surface area contributed by atoms with Crippen molar-refractivity contribution in [2.75, 3.05) is 43.2 Å². The Bertz CT molecular complexity index is 1170. The molecule has 2 aromatic rings. The quantitative estimate of drug-likeness (QED) is 0.312. The number of piperidine rings is 1. The molecule has 2 aliphatic heterocycles. The van der Waals surface area contributed by atoms with E-state index in [-0.39, 0.29) is 49.5 Å². The highest BCUT2D eigenvalue weighted by molar-refractivity contribution is 6.33. The molecule has 226 valence electrons. The smallest absolute Gasteiger partial charge is 0.389 e. The molecular weight excluding hydrogens is 563 g/mol. The van der Waals surface area contributed by atoms with E-state index in [9.17, 15) is 23.1 Å². The van der Waals surface area contributed by atoms with Gasteiger partial charge in [0.25, 0.3) is 0 Å². The van der Waals surface area contributed by atoms with Gasteiger partial charge in [0.1, 0.15) is 11.9 Å². The van der Waals surface area contributed by atoms with Gasteiger partial charge >= 0.3 is 12.1 Å². The number of hydrogen-bond donors (Lipinski definition) is 1. The number of hydrogen-bond acceptors (Lipinski definition) is 7. The van der Waals surface area contributed by atoms with Crippen LogP contribution >= 0.6 is 11.6 Å². The first-order chi connectivity index (χ1) is 19.4. The molecule has 0 spiro atoms. The predicted octanol–water partition coefficient (Wildman–Crippen LogP) is 6.06. The summed E-state index contributed by atoms with van der Waals surface area (Å²) in [7, 11) is 1.57. The Morgan fingerprint density at radius 3 is 2.54 bits per heavy atom. The monoisotopic (exact) mass is 599 g/mol. The van der Waals surface area contributed by atoms with Crippen LogP contribution in [-0.2, 0) is 9.53 Å². The molecule has 0 amide bonds. The largest absolute Gasteiger partial charge is 0.490 e. The second-order valence-electron chi connectivity index (χ2n) is 10.8. The van der Waals surface area contributed by atoms with Crippen LogP contribution < -0.4 is 19.3 Å². The van der Waals surface area contributed by atoms with Crippen molar-refractivity contribution in [2.24, 2.45) is 11.8 Å². The average molecular weight is 600 g/mol. The first-order valence-corrected chi connectivity index (χ1v) is 14.2. The van der Waals surface area contributed by atoms with Gasteiger partial charge in [0.15, 0.2) is 0 Å². The molecule has 2 fully saturated rings. The summed E-state index contributed by atoms with van der Waals surface area (Å²) in [5, 5.41) is 10.1. The average Bonchev–Trinajstić information content (AvgIpc) is 3.22. The molecule has 0 radical (unpaired) electrons. The van der Waals surface area contributed by atoms with Crippen LogP contribution in [0.5, 0.6) is 11.6 Å². The van der Waals surface area contributed by atoms with Crippen molar-refractivity contribution >= 4 is 28.9 Å². The van der Waals surface area contributed by atoms with Gasteiger partial charge in [0.05, 0.1) is 36.5 Å². The lowest BCUT2D eigenvalue weighted by Crippen LogP contribution is -2.44. The maximum atomic E-state index is 12.5. The van der Waals surface area contributed by atoms with Crippen molar-refractivity contribution in [3.8, 4) is 11.6 Å². The van der Waals surface area contributed by atoms with Crippen molar-refractivity contribution in [2.45, 2.75) is 64.0 Å². The fourth-order valence-corrected chi connectivity index (χ4v) is 5.91. The van der Waals surface area contributed by atoms with E-state index in [4.69, 9.17) is 25.8 Å². The van der Waals surface area contributed by atoms with E-state index in [1.165, 1.54) is 0 Å². The van der Waals surface area contributed by atoms with Gasteiger partial charge in [-0.05, 0) is 30.7 Å². The van der Waals surface area contributed by atoms with Gasteiger partial charge in [0.2, 0.25) is 5.88 Å². The van der Waals surface area contributed by atoms with Crippen LogP contribution in [-0.4, -0.2) is 73.8 Å². The third-order valence-electron chi connectivity index (χ3n) is 7.93. The Morgan fingerprint density at radius 1 is 1.17 bits per heavy atom.